The van der Waals surface area contributed by atoms with Crippen LogP contribution in [0.25, 0.3) is 0 Å². The lowest BCUT2D eigenvalue weighted by Crippen LogP contribution is -2.50. The Bertz CT molecular complexity index is 875. The molecule has 0 bridgehead atoms. The second-order valence-corrected chi connectivity index (χ2v) is 8.96. The highest BCUT2D eigenvalue weighted by Gasteiger charge is 2.41. The third-order valence-electron chi connectivity index (χ3n) is 6.95. The molecule has 3 fully saturated rings. The molecule has 3 heterocycles. The number of aromatic nitrogens is 2. The normalized spacial score (nSPS) is 25.2. The van der Waals surface area contributed by atoms with Gasteiger partial charge in [0.25, 0.3) is 0 Å². The monoisotopic (exact) mass is 422 g/mol. The van der Waals surface area contributed by atoms with Crippen molar-refractivity contribution in [1.82, 2.24) is 24.9 Å². The van der Waals surface area contributed by atoms with Gasteiger partial charge in [-0.15, -0.1) is 0 Å². The molecular formula is C24H34N6O. The summed E-state index contributed by atoms with van der Waals surface area (Å²) in [7, 11) is 1.87. The lowest BCUT2D eigenvalue weighted by Gasteiger charge is -2.36. The number of hydrogen-bond acceptors (Lipinski definition) is 4. The summed E-state index contributed by atoms with van der Waals surface area (Å²) in [6.07, 6.45) is 7.53. The highest BCUT2D eigenvalue weighted by atomic mass is 16.5. The van der Waals surface area contributed by atoms with Gasteiger partial charge in [-0.1, -0.05) is 43.2 Å². The van der Waals surface area contributed by atoms with Gasteiger partial charge in [0.2, 0.25) is 0 Å². The first-order chi connectivity index (χ1) is 15.3. The Kier molecular flexibility index (Phi) is 6.22. The lowest BCUT2D eigenvalue weighted by molar-refractivity contribution is -0.0502. The van der Waals surface area contributed by atoms with Gasteiger partial charge < -0.3 is 15.0 Å². The maximum atomic E-state index is 6.14. The first-order valence-corrected chi connectivity index (χ1v) is 11.7. The molecule has 3 aliphatic rings. The van der Waals surface area contributed by atoms with Crippen LogP contribution in [0.2, 0.25) is 0 Å². The third kappa shape index (κ3) is 4.62. The minimum Gasteiger partial charge on any atom is -0.373 e. The molecule has 7 heteroatoms. The summed E-state index contributed by atoms with van der Waals surface area (Å²) in [5.41, 5.74) is 2.44. The molecule has 2 unspecified atom stereocenters. The summed E-state index contributed by atoms with van der Waals surface area (Å²) in [6, 6.07) is 13.9. The van der Waals surface area contributed by atoms with Crippen molar-refractivity contribution in [2.24, 2.45) is 4.99 Å². The van der Waals surface area contributed by atoms with E-state index < -0.39 is 0 Å². The number of morpholine rings is 1. The molecule has 0 radical (unpaired) electrons. The molecule has 1 aromatic heterocycles. The zero-order chi connectivity index (χ0) is 21.0. The minimum atomic E-state index is 0.234. The SMILES string of the molecule is CN=C(NCc1ccn(C2CCCC2)n1)N1CC2OCCN(Cc3ccccc3)C2C1. The van der Waals surface area contributed by atoms with Gasteiger partial charge in [-0.2, -0.15) is 5.10 Å². The molecule has 2 saturated heterocycles. The molecule has 1 N–H and O–H groups in total. The molecule has 2 aliphatic heterocycles. The van der Waals surface area contributed by atoms with Crippen LogP contribution in [0.15, 0.2) is 47.6 Å². The number of benzene rings is 1. The first-order valence-electron chi connectivity index (χ1n) is 11.7. The number of rotatable bonds is 5. The van der Waals surface area contributed by atoms with Crippen LogP contribution in [0.5, 0.6) is 0 Å². The van der Waals surface area contributed by atoms with E-state index in [-0.39, 0.29) is 6.10 Å². The van der Waals surface area contributed by atoms with Crippen LogP contribution in [-0.2, 0) is 17.8 Å². The minimum absolute atomic E-state index is 0.234. The molecular weight excluding hydrogens is 388 g/mol. The van der Waals surface area contributed by atoms with Crippen LogP contribution in [0.1, 0.15) is 43.0 Å². The van der Waals surface area contributed by atoms with E-state index in [1.807, 2.05) is 7.05 Å². The average Bonchev–Trinajstić information content (AvgIpc) is 3.55. The van der Waals surface area contributed by atoms with Crippen LogP contribution in [0, 0.1) is 0 Å². The summed E-state index contributed by atoms with van der Waals surface area (Å²) in [5, 5.41) is 8.34. The summed E-state index contributed by atoms with van der Waals surface area (Å²) < 4.78 is 8.30. The summed E-state index contributed by atoms with van der Waals surface area (Å²) in [4.78, 5) is 9.47. The molecule has 5 rings (SSSR count). The number of nitrogens with one attached hydrogen (secondary N) is 1. The molecule has 2 aromatic rings. The highest BCUT2D eigenvalue weighted by Crippen LogP contribution is 2.29. The first kappa shape index (κ1) is 20.5. The quantitative estimate of drug-likeness (QED) is 0.593. The van der Waals surface area contributed by atoms with Crippen molar-refractivity contribution < 1.29 is 4.74 Å². The van der Waals surface area contributed by atoms with Gasteiger partial charge in [0.15, 0.2) is 5.96 Å². The second kappa shape index (κ2) is 9.40. The fourth-order valence-electron chi connectivity index (χ4n) is 5.29. The lowest BCUT2D eigenvalue weighted by atomic mass is 10.1. The maximum absolute atomic E-state index is 6.14. The zero-order valence-corrected chi connectivity index (χ0v) is 18.5. The standard InChI is InChI=1S/C24H34N6O/c1-25-24(26-15-20-11-12-30(27-20)21-9-5-6-10-21)29-17-22-23(18-29)31-14-13-28(22)16-19-7-3-2-4-8-19/h2-4,7-8,11-12,21-23H,5-6,9-10,13-18H2,1H3,(H,25,26). The van der Waals surface area contributed by atoms with Gasteiger partial charge in [0.05, 0.1) is 37.0 Å². The van der Waals surface area contributed by atoms with Crippen LogP contribution in [0.4, 0.5) is 0 Å². The van der Waals surface area contributed by atoms with Gasteiger partial charge in [-0.05, 0) is 24.5 Å². The van der Waals surface area contributed by atoms with E-state index >= 15 is 0 Å². The number of hydrogen-bond donors (Lipinski definition) is 1. The highest BCUT2D eigenvalue weighted by molar-refractivity contribution is 5.80. The topological polar surface area (TPSA) is 57.9 Å². The third-order valence-corrected chi connectivity index (χ3v) is 6.95. The smallest absolute Gasteiger partial charge is 0.194 e. The number of nitrogens with zero attached hydrogens (tertiary/aromatic N) is 5. The van der Waals surface area contributed by atoms with E-state index in [9.17, 15) is 0 Å². The molecule has 1 saturated carbocycles. The molecule has 7 nitrogen and oxygen atoms in total. The Morgan fingerprint density at radius 3 is 2.81 bits per heavy atom. The van der Waals surface area contributed by atoms with Crippen molar-refractivity contribution >= 4 is 5.96 Å². The van der Waals surface area contributed by atoms with Crippen molar-refractivity contribution in [2.45, 2.75) is 57.0 Å². The Balaban J connectivity index is 1.19. The fraction of sp³-hybridized carbons (Fsp3) is 0.583. The van der Waals surface area contributed by atoms with E-state index in [2.05, 4.69) is 67.4 Å². The molecule has 0 spiro atoms. The van der Waals surface area contributed by atoms with E-state index in [4.69, 9.17) is 9.84 Å². The van der Waals surface area contributed by atoms with Crippen molar-refractivity contribution in [2.75, 3.05) is 33.3 Å². The van der Waals surface area contributed by atoms with E-state index in [0.717, 1.165) is 44.4 Å². The molecule has 0 amide bonds. The van der Waals surface area contributed by atoms with Crippen LogP contribution in [-0.4, -0.2) is 71.0 Å². The van der Waals surface area contributed by atoms with Crippen molar-refractivity contribution in [1.29, 1.82) is 0 Å². The second-order valence-electron chi connectivity index (χ2n) is 8.96. The number of guanidine groups is 1. The van der Waals surface area contributed by atoms with E-state index in [0.29, 0.717) is 18.6 Å². The zero-order valence-electron chi connectivity index (χ0n) is 18.5. The van der Waals surface area contributed by atoms with Crippen LogP contribution in [0.3, 0.4) is 0 Å². The Morgan fingerprint density at radius 1 is 1.16 bits per heavy atom. The van der Waals surface area contributed by atoms with Gasteiger partial charge in [-0.3, -0.25) is 14.6 Å². The average molecular weight is 423 g/mol. The van der Waals surface area contributed by atoms with E-state index in [1.54, 1.807) is 0 Å². The molecule has 1 aromatic carbocycles. The maximum Gasteiger partial charge on any atom is 0.194 e. The summed E-state index contributed by atoms with van der Waals surface area (Å²) in [5.74, 6) is 0.938. The van der Waals surface area contributed by atoms with Crippen molar-refractivity contribution in [3.05, 3.63) is 53.9 Å². The number of fused-ring (bicyclic) bond motifs is 1. The van der Waals surface area contributed by atoms with Crippen molar-refractivity contribution in [3.8, 4) is 0 Å². The van der Waals surface area contributed by atoms with Gasteiger partial charge in [-0.25, -0.2) is 0 Å². The molecule has 2 atom stereocenters. The predicted octanol–water partition coefficient (Wildman–Crippen LogP) is 2.66. The predicted molar refractivity (Wildman–Crippen MR) is 122 cm³/mol. The Labute approximate surface area is 185 Å². The van der Waals surface area contributed by atoms with E-state index in [1.165, 1.54) is 31.2 Å². The van der Waals surface area contributed by atoms with Crippen LogP contribution < -0.4 is 5.32 Å². The van der Waals surface area contributed by atoms with Gasteiger partial charge >= 0.3 is 0 Å². The molecule has 166 valence electrons. The fourth-order valence-corrected chi connectivity index (χ4v) is 5.29. The van der Waals surface area contributed by atoms with Crippen LogP contribution >= 0.6 is 0 Å². The van der Waals surface area contributed by atoms with Gasteiger partial charge in [0, 0.05) is 39.4 Å². The number of aliphatic imine (C=N–C) groups is 1. The largest absolute Gasteiger partial charge is 0.373 e. The molecule has 1 aliphatic carbocycles. The number of ether oxygens (including phenoxy) is 1. The van der Waals surface area contributed by atoms with Crippen molar-refractivity contribution in [3.63, 3.8) is 0 Å². The number of likely N-dealkylation sites (tertiary alicyclic amines) is 1. The Morgan fingerprint density at radius 2 is 2.00 bits per heavy atom. The summed E-state index contributed by atoms with van der Waals surface area (Å²) >= 11 is 0. The Hall–Kier alpha value is -2.38. The summed E-state index contributed by atoms with van der Waals surface area (Å²) in [6.45, 7) is 5.28. The van der Waals surface area contributed by atoms with Gasteiger partial charge in [0.1, 0.15) is 0 Å². The molecule has 31 heavy (non-hydrogen) atoms.